The molecule has 23 heavy (non-hydrogen) atoms. The zero-order valence-corrected chi connectivity index (χ0v) is 13.5. The maximum atomic E-state index is 12.9. The summed E-state index contributed by atoms with van der Waals surface area (Å²) in [6, 6.07) is 9.73. The number of carbonyl (C=O) groups excluding carboxylic acids is 1. The first kappa shape index (κ1) is 17.2. The van der Waals surface area contributed by atoms with Gasteiger partial charge in [-0.1, -0.05) is 29.8 Å². The van der Waals surface area contributed by atoms with Crippen LogP contribution in [0.3, 0.4) is 0 Å². The predicted molar refractivity (Wildman–Crippen MR) is 86.3 cm³/mol. The van der Waals surface area contributed by atoms with Gasteiger partial charge in [-0.15, -0.1) is 0 Å². The van der Waals surface area contributed by atoms with Crippen LogP contribution >= 0.6 is 11.6 Å². The normalized spacial score (nSPS) is 13.3. The summed E-state index contributed by atoms with van der Waals surface area (Å²) in [5.41, 5.74) is 0.708. The molecule has 122 valence electrons. The third-order valence-electron chi connectivity index (χ3n) is 3.47. The van der Waals surface area contributed by atoms with E-state index in [0.29, 0.717) is 11.3 Å². The number of methoxy groups -OCH3 is 1. The van der Waals surface area contributed by atoms with Gasteiger partial charge in [-0.25, -0.2) is 4.39 Å². The number of rotatable bonds is 5. The first-order valence-electron chi connectivity index (χ1n) is 7.01. The van der Waals surface area contributed by atoms with Crippen molar-refractivity contribution in [1.82, 2.24) is 5.32 Å². The minimum Gasteiger partial charge on any atom is -0.496 e. The second-order valence-electron chi connectivity index (χ2n) is 5.08. The maximum absolute atomic E-state index is 12.9. The van der Waals surface area contributed by atoms with Gasteiger partial charge in [-0.2, -0.15) is 0 Å². The van der Waals surface area contributed by atoms with Crippen LogP contribution < -0.4 is 10.1 Å². The van der Waals surface area contributed by atoms with Crippen molar-refractivity contribution in [2.24, 2.45) is 0 Å². The van der Waals surface area contributed by atoms with E-state index in [1.54, 1.807) is 25.1 Å². The van der Waals surface area contributed by atoms with E-state index in [0.717, 1.165) is 0 Å². The standard InChI is InChI=1S/C17H17ClFNO3/c1-10(16(21)11-6-8-12(19)9-7-11)20-17(22)15-13(18)4-3-5-14(15)23-2/h3-10,16,21H,1-2H3,(H,20,22). The lowest BCUT2D eigenvalue weighted by Gasteiger charge is -2.21. The fourth-order valence-electron chi connectivity index (χ4n) is 2.20. The number of aliphatic hydroxyl groups is 1. The Morgan fingerprint density at radius 1 is 1.26 bits per heavy atom. The second-order valence-corrected chi connectivity index (χ2v) is 5.48. The highest BCUT2D eigenvalue weighted by molar-refractivity contribution is 6.34. The molecule has 0 saturated carbocycles. The van der Waals surface area contributed by atoms with Crippen LogP contribution in [0.1, 0.15) is 28.9 Å². The SMILES string of the molecule is COc1cccc(Cl)c1C(=O)NC(C)C(O)c1ccc(F)cc1. The van der Waals surface area contributed by atoms with Crippen LogP contribution in [0.2, 0.25) is 5.02 Å². The third kappa shape index (κ3) is 4.00. The van der Waals surface area contributed by atoms with Crippen molar-refractivity contribution in [1.29, 1.82) is 0 Å². The molecular weight excluding hydrogens is 321 g/mol. The van der Waals surface area contributed by atoms with Gasteiger partial charge >= 0.3 is 0 Å². The van der Waals surface area contributed by atoms with Crippen molar-refractivity contribution in [3.05, 3.63) is 64.4 Å². The number of nitrogens with one attached hydrogen (secondary N) is 1. The van der Waals surface area contributed by atoms with Crippen LogP contribution in [0.25, 0.3) is 0 Å². The van der Waals surface area contributed by atoms with Gasteiger partial charge in [0.2, 0.25) is 0 Å². The molecule has 0 saturated heterocycles. The van der Waals surface area contributed by atoms with Crippen LogP contribution in [0.5, 0.6) is 5.75 Å². The Bertz CT molecular complexity index is 691. The summed E-state index contributed by atoms with van der Waals surface area (Å²) in [6.07, 6.45) is -0.979. The number of hydrogen-bond donors (Lipinski definition) is 2. The molecule has 0 bridgehead atoms. The number of aliphatic hydroxyl groups excluding tert-OH is 1. The third-order valence-corrected chi connectivity index (χ3v) is 3.78. The minimum atomic E-state index is -0.979. The van der Waals surface area contributed by atoms with Gasteiger partial charge in [0, 0.05) is 0 Å². The highest BCUT2D eigenvalue weighted by atomic mass is 35.5. The highest BCUT2D eigenvalue weighted by Crippen LogP contribution is 2.26. The molecule has 1 amide bonds. The Balaban J connectivity index is 2.15. The van der Waals surface area contributed by atoms with Gasteiger partial charge in [0.25, 0.3) is 5.91 Å². The average Bonchev–Trinajstić information content (AvgIpc) is 2.54. The van der Waals surface area contributed by atoms with Gasteiger partial charge < -0.3 is 15.2 Å². The lowest BCUT2D eigenvalue weighted by Crippen LogP contribution is -2.37. The summed E-state index contributed by atoms with van der Waals surface area (Å²) in [5.74, 6) is -0.502. The zero-order chi connectivity index (χ0) is 17.0. The van der Waals surface area contributed by atoms with Crippen molar-refractivity contribution in [3.63, 3.8) is 0 Å². The van der Waals surface area contributed by atoms with Gasteiger partial charge in [-0.3, -0.25) is 4.79 Å². The number of amides is 1. The van der Waals surface area contributed by atoms with Gasteiger partial charge in [0.1, 0.15) is 11.6 Å². The molecule has 0 spiro atoms. The smallest absolute Gasteiger partial charge is 0.256 e. The van der Waals surface area contributed by atoms with E-state index in [2.05, 4.69) is 5.32 Å². The Kier molecular flexibility index (Phi) is 5.58. The average molecular weight is 338 g/mol. The zero-order valence-electron chi connectivity index (χ0n) is 12.7. The molecule has 2 aromatic rings. The summed E-state index contributed by atoms with van der Waals surface area (Å²) >= 11 is 6.06. The van der Waals surface area contributed by atoms with E-state index >= 15 is 0 Å². The molecule has 2 unspecified atom stereocenters. The lowest BCUT2D eigenvalue weighted by molar-refractivity contribution is 0.0849. The molecule has 2 rings (SSSR count). The molecule has 2 N–H and O–H groups in total. The fourth-order valence-corrected chi connectivity index (χ4v) is 2.45. The van der Waals surface area contributed by atoms with Crippen LogP contribution in [0.15, 0.2) is 42.5 Å². The number of ether oxygens (including phenoxy) is 1. The van der Waals surface area contributed by atoms with Gasteiger partial charge in [-0.05, 0) is 36.8 Å². The van der Waals surface area contributed by atoms with Crippen molar-refractivity contribution in [2.45, 2.75) is 19.1 Å². The van der Waals surface area contributed by atoms with Crippen molar-refractivity contribution >= 4 is 17.5 Å². The van der Waals surface area contributed by atoms with E-state index in [9.17, 15) is 14.3 Å². The van der Waals surface area contributed by atoms with Crippen molar-refractivity contribution in [2.75, 3.05) is 7.11 Å². The van der Waals surface area contributed by atoms with Crippen molar-refractivity contribution < 1.29 is 19.0 Å². The molecule has 0 radical (unpaired) electrons. The molecule has 4 nitrogen and oxygen atoms in total. The van der Waals surface area contributed by atoms with Crippen LogP contribution in [-0.4, -0.2) is 24.2 Å². The number of hydrogen-bond acceptors (Lipinski definition) is 3. The fraction of sp³-hybridized carbons (Fsp3) is 0.235. The molecule has 0 aliphatic rings. The monoisotopic (exact) mass is 337 g/mol. The number of carbonyl (C=O) groups is 1. The molecule has 0 heterocycles. The Hall–Kier alpha value is -2.11. The summed E-state index contributed by atoms with van der Waals surface area (Å²) < 4.78 is 18.1. The van der Waals surface area contributed by atoms with Crippen LogP contribution in [0.4, 0.5) is 4.39 Å². The molecule has 0 aliphatic heterocycles. The van der Waals surface area contributed by atoms with E-state index in [1.807, 2.05) is 0 Å². The Morgan fingerprint density at radius 3 is 2.52 bits per heavy atom. The maximum Gasteiger partial charge on any atom is 0.256 e. The molecule has 6 heteroatoms. The highest BCUT2D eigenvalue weighted by Gasteiger charge is 2.22. The molecule has 2 atom stereocenters. The van der Waals surface area contributed by atoms with E-state index < -0.39 is 23.9 Å². The van der Waals surface area contributed by atoms with E-state index in [4.69, 9.17) is 16.3 Å². The number of halogens is 2. The lowest BCUT2D eigenvalue weighted by atomic mass is 10.0. The summed E-state index contributed by atoms with van der Waals surface area (Å²) in [5, 5.41) is 13.2. The molecule has 0 fully saturated rings. The minimum absolute atomic E-state index is 0.204. The first-order valence-corrected chi connectivity index (χ1v) is 7.38. The largest absolute Gasteiger partial charge is 0.496 e. The Morgan fingerprint density at radius 2 is 1.91 bits per heavy atom. The van der Waals surface area contributed by atoms with Crippen LogP contribution in [0, 0.1) is 5.82 Å². The number of benzene rings is 2. The van der Waals surface area contributed by atoms with E-state index in [-0.39, 0.29) is 10.6 Å². The quantitative estimate of drug-likeness (QED) is 0.879. The first-order chi connectivity index (χ1) is 10.9. The van der Waals surface area contributed by atoms with Gasteiger partial charge in [0.15, 0.2) is 0 Å². The second kappa shape index (κ2) is 7.44. The van der Waals surface area contributed by atoms with Crippen molar-refractivity contribution in [3.8, 4) is 5.75 Å². The van der Waals surface area contributed by atoms with Gasteiger partial charge in [0.05, 0.1) is 29.8 Å². The topological polar surface area (TPSA) is 58.6 Å². The summed E-state index contributed by atoms with van der Waals surface area (Å²) in [7, 11) is 1.44. The van der Waals surface area contributed by atoms with Crippen LogP contribution in [-0.2, 0) is 0 Å². The molecule has 0 aromatic heterocycles. The predicted octanol–water partition coefficient (Wildman–Crippen LogP) is 3.34. The molecule has 2 aromatic carbocycles. The summed E-state index contributed by atoms with van der Waals surface area (Å²) in [4.78, 5) is 12.4. The molecular formula is C17H17ClFNO3. The Labute approximate surface area is 138 Å². The summed E-state index contributed by atoms with van der Waals surface area (Å²) in [6.45, 7) is 1.65. The van der Waals surface area contributed by atoms with E-state index in [1.165, 1.54) is 31.4 Å². The molecule has 0 aliphatic carbocycles.